The van der Waals surface area contributed by atoms with Crippen LogP contribution in [-0.4, -0.2) is 43.6 Å². The van der Waals surface area contributed by atoms with Crippen LogP contribution in [0.1, 0.15) is 12.0 Å². The highest BCUT2D eigenvalue weighted by Gasteiger charge is 2.19. The third-order valence-electron chi connectivity index (χ3n) is 4.06. The molecule has 2 aliphatic rings. The number of rotatable bonds is 2. The normalized spacial score (nSPS) is 19.3. The molecule has 0 atom stereocenters. The number of morpholine rings is 1. The monoisotopic (exact) mass is 286 g/mol. The number of hydrogen-bond donors (Lipinski definition) is 2. The third kappa shape index (κ3) is 3.03. The predicted molar refractivity (Wildman–Crippen MR) is 84.5 cm³/mol. The number of hydrogen-bond acceptors (Lipinski definition) is 4. The molecular formula is C16H22N4O. The van der Waals surface area contributed by atoms with Crippen LogP contribution in [0.4, 0.5) is 5.69 Å². The van der Waals surface area contributed by atoms with Gasteiger partial charge in [-0.05, 0) is 24.5 Å². The second-order valence-electron chi connectivity index (χ2n) is 5.44. The molecule has 1 aromatic rings. The summed E-state index contributed by atoms with van der Waals surface area (Å²) in [5, 5.41) is 8.20. The topological polar surface area (TPSA) is 65.6 Å². The van der Waals surface area contributed by atoms with Gasteiger partial charge in [0.25, 0.3) is 0 Å². The largest absolute Gasteiger partial charge is 0.385 e. The van der Waals surface area contributed by atoms with Crippen LogP contribution in [0.25, 0.3) is 0 Å². The zero-order valence-corrected chi connectivity index (χ0v) is 12.2. The summed E-state index contributed by atoms with van der Waals surface area (Å²) in [7, 11) is 0. The number of para-hydroxylation sites is 1. The molecule has 1 aromatic carbocycles. The molecule has 0 radical (unpaired) electrons. The molecule has 2 heterocycles. The molecule has 0 saturated carbocycles. The fourth-order valence-corrected chi connectivity index (χ4v) is 2.92. The van der Waals surface area contributed by atoms with Crippen LogP contribution >= 0.6 is 0 Å². The molecule has 2 aliphatic heterocycles. The summed E-state index contributed by atoms with van der Waals surface area (Å²) in [6.07, 6.45) is 3.96. The Kier molecular flexibility index (Phi) is 4.10. The highest BCUT2D eigenvalue weighted by atomic mass is 16.5. The summed E-state index contributed by atoms with van der Waals surface area (Å²) in [5.41, 5.74) is 8.76. The number of ether oxygens (including phenoxy) is 1. The Balaban J connectivity index is 1.77. The lowest BCUT2D eigenvalue weighted by Gasteiger charge is -2.32. The Morgan fingerprint density at radius 3 is 2.76 bits per heavy atom. The summed E-state index contributed by atoms with van der Waals surface area (Å²) < 4.78 is 5.32. The minimum atomic E-state index is 0.471. The van der Waals surface area contributed by atoms with Gasteiger partial charge in [-0.1, -0.05) is 18.2 Å². The van der Waals surface area contributed by atoms with E-state index < -0.39 is 0 Å². The zero-order valence-electron chi connectivity index (χ0n) is 12.2. The van der Waals surface area contributed by atoms with Crippen molar-refractivity contribution in [2.75, 3.05) is 37.7 Å². The number of nitrogens with one attached hydrogen (secondary N) is 1. The Hall–Kier alpha value is -2.01. The standard InChI is InChI=1S/C16H22N4O/c17-15(19-8-10-21-11-9-19)12-16(18)20-7-3-5-13-4-1-2-6-14(13)20/h1-2,4,6,12,17H,3,5,7-11,18H2. The molecule has 1 saturated heterocycles. The lowest BCUT2D eigenvalue weighted by molar-refractivity contribution is 0.0681. The van der Waals surface area contributed by atoms with Crippen molar-refractivity contribution >= 4 is 11.5 Å². The Morgan fingerprint density at radius 1 is 1.19 bits per heavy atom. The average Bonchev–Trinajstić information content (AvgIpc) is 2.55. The van der Waals surface area contributed by atoms with Crippen molar-refractivity contribution in [3.63, 3.8) is 0 Å². The van der Waals surface area contributed by atoms with Crippen molar-refractivity contribution in [1.82, 2.24) is 4.90 Å². The Morgan fingerprint density at radius 2 is 1.95 bits per heavy atom. The average molecular weight is 286 g/mol. The number of benzene rings is 1. The summed E-state index contributed by atoms with van der Waals surface area (Å²) in [5.74, 6) is 1.12. The first-order valence-corrected chi connectivity index (χ1v) is 7.49. The van der Waals surface area contributed by atoms with Crippen LogP contribution in [0.15, 0.2) is 36.2 Å². The number of aryl methyl sites for hydroxylation is 1. The molecule has 0 aromatic heterocycles. The van der Waals surface area contributed by atoms with E-state index in [0.717, 1.165) is 32.5 Å². The van der Waals surface area contributed by atoms with Gasteiger partial charge in [-0.25, -0.2) is 0 Å². The van der Waals surface area contributed by atoms with Crippen molar-refractivity contribution in [2.24, 2.45) is 5.73 Å². The zero-order chi connectivity index (χ0) is 14.7. The second kappa shape index (κ2) is 6.18. The van der Waals surface area contributed by atoms with E-state index in [1.54, 1.807) is 6.08 Å². The number of nitrogens with zero attached hydrogens (tertiary/aromatic N) is 2. The van der Waals surface area contributed by atoms with E-state index >= 15 is 0 Å². The van der Waals surface area contributed by atoms with Crippen molar-refractivity contribution in [3.05, 3.63) is 41.7 Å². The van der Waals surface area contributed by atoms with Crippen LogP contribution in [0.2, 0.25) is 0 Å². The van der Waals surface area contributed by atoms with E-state index in [2.05, 4.69) is 23.1 Å². The maximum absolute atomic E-state index is 8.20. The van der Waals surface area contributed by atoms with Gasteiger partial charge in [-0.3, -0.25) is 5.41 Å². The molecule has 5 heteroatoms. The Labute approximate surface area is 125 Å². The van der Waals surface area contributed by atoms with E-state index in [1.165, 1.54) is 11.3 Å². The molecule has 0 aliphatic carbocycles. The van der Waals surface area contributed by atoms with Crippen LogP contribution in [0, 0.1) is 5.41 Å². The molecule has 5 nitrogen and oxygen atoms in total. The Bertz CT molecular complexity index is 549. The van der Waals surface area contributed by atoms with Gasteiger partial charge < -0.3 is 20.3 Å². The quantitative estimate of drug-likeness (QED) is 0.639. The van der Waals surface area contributed by atoms with Gasteiger partial charge in [0.2, 0.25) is 0 Å². The number of amidine groups is 1. The minimum Gasteiger partial charge on any atom is -0.385 e. The first-order valence-electron chi connectivity index (χ1n) is 7.49. The van der Waals surface area contributed by atoms with Crippen LogP contribution < -0.4 is 10.6 Å². The van der Waals surface area contributed by atoms with E-state index in [4.69, 9.17) is 15.9 Å². The molecule has 112 valence electrons. The fraction of sp³-hybridized carbons (Fsp3) is 0.438. The summed E-state index contributed by atoms with van der Waals surface area (Å²) in [6, 6.07) is 8.37. The molecule has 3 rings (SSSR count). The summed E-state index contributed by atoms with van der Waals surface area (Å²) >= 11 is 0. The van der Waals surface area contributed by atoms with Crippen LogP contribution in [0.5, 0.6) is 0 Å². The number of anilines is 1. The second-order valence-corrected chi connectivity index (χ2v) is 5.44. The molecule has 0 unspecified atom stereocenters. The molecule has 21 heavy (non-hydrogen) atoms. The first-order chi connectivity index (χ1) is 10.3. The van der Waals surface area contributed by atoms with Gasteiger partial charge in [0.15, 0.2) is 0 Å². The SMILES string of the molecule is N=C(C=C(N)N1CCCc2ccccc21)N1CCOCC1. The smallest absolute Gasteiger partial charge is 0.124 e. The maximum Gasteiger partial charge on any atom is 0.124 e. The van der Waals surface area contributed by atoms with Gasteiger partial charge in [0.05, 0.1) is 13.2 Å². The van der Waals surface area contributed by atoms with Gasteiger partial charge in [-0.15, -0.1) is 0 Å². The van der Waals surface area contributed by atoms with Crippen molar-refractivity contribution in [1.29, 1.82) is 5.41 Å². The van der Waals surface area contributed by atoms with Gasteiger partial charge >= 0.3 is 0 Å². The molecule has 0 amide bonds. The number of fused-ring (bicyclic) bond motifs is 1. The summed E-state index contributed by atoms with van der Waals surface area (Å²) in [6.45, 7) is 3.81. The summed E-state index contributed by atoms with van der Waals surface area (Å²) in [4.78, 5) is 4.13. The molecule has 0 bridgehead atoms. The van der Waals surface area contributed by atoms with E-state index in [-0.39, 0.29) is 0 Å². The molecule has 3 N–H and O–H groups in total. The first kappa shape index (κ1) is 13.9. The molecular weight excluding hydrogens is 264 g/mol. The van der Waals surface area contributed by atoms with Gasteiger partial charge in [0.1, 0.15) is 11.7 Å². The molecule has 0 spiro atoms. The van der Waals surface area contributed by atoms with Crippen molar-refractivity contribution in [2.45, 2.75) is 12.8 Å². The lowest BCUT2D eigenvalue weighted by Crippen LogP contribution is -2.41. The number of nitrogens with two attached hydrogens (primary N) is 1. The van der Waals surface area contributed by atoms with Gasteiger partial charge in [0, 0.05) is 31.4 Å². The maximum atomic E-state index is 8.20. The van der Waals surface area contributed by atoms with E-state index in [0.29, 0.717) is 24.9 Å². The lowest BCUT2D eigenvalue weighted by atomic mass is 10.0. The van der Waals surface area contributed by atoms with Crippen molar-refractivity contribution < 1.29 is 4.74 Å². The molecule has 1 fully saturated rings. The fourth-order valence-electron chi connectivity index (χ4n) is 2.92. The van der Waals surface area contributed by atoms with Gasteiger partial charge in [-0.2, -0.15) is 0 Å². The highest BCUT2D eigenvalue weighted by Crippen LogP contribution is 2.28. The van der Waals surface area contributed by atoms with E-state index in [9.17, 15) is 0 Å². The highest BCUT2D eigenvalue weighted by molar-refractivity contribution is 5.91. The predicted octanol–water partition coefficient (Wildman–Crippen LogP) is 1.55. The van der Waals surface area contributed by atoms with Crippen molar-refractivity contribution in [3.8, 4) is 0 Å². The van der Waals surface area contributed by atoms with Crippen LogP contribution in [-0.2, 0) is 11.2 Å². The van der Waals surface area contributed by atoms with Crippen LogP contribution in [0.3, 0.4) is 0 Å². The third-order valence-corrected chi connectivity index (χ3v) is 4.06. The van der Waals surface area contributed by atoms with E-state index in [1.807, 2.05) is 11.0 Å². The minimum absolute atomic E-state index is 0.471.